The van der Waals surface area contributed by atoms with Crippen LogP contribution in [-0.4, -0.2) is 24.0 Å². The quantitative estimate of drug-likeness (QED) is 0.775. The highest BCUT2D eigenvalue weighted by Crippen LogP contribution is 2.29. The van der Waals surface area contributed by atoms with E-state index in [1.807, 2.05) is 39.0 Å². The minimum absolute atomic E-state index is 0.0944. The van der Waals surface area contributed by atoms with Crippen LogP contribution in [0, 0.1) is 0 Å². The first-order valence-electron chi connectivity index (χ1n) is 7.22. The summed E-state index contributed by atoms with van der Waals surface area (Å²) in [5.74, 6) is -0.0944. The Bertz CT molecular complexity index is 645. The van der Waals surface area contributed by atoms with Crippen LogP contribution in [0.15, 0.2) is 30.5 Å². The number of halogens is 1. The van der Waals surface area contributed by atoms with E-state index in [1.54, 1.807) is 17.2 Å². The third-order valence-corrected chi connectivity index (χ3v) is 4.67. The van der Waals surface area contributed by atoms with Gasteiger partial charge in [-0.15, -0.1) is 11.3 Å². The van der Waals surface area contributed by atoms with Crippen LogP contribution in [0.5, 0.6) is 0 Å². The van der Waals surface area contributed by atoms with Crippen molar-refractivity contribution in [3.05, 3.63) is 45.4 Å². The number of ether oxygens (including phenoxy) is 1. The molecule has 0 radical (unpaired) electrons. The predicted octanol–water partition coefficient (Wildman–Crippen LogP) is 4.56. The van der Waals surface area contributed by atoms with Crippen molar-refractivity contribution in [3.8, 4) is 0 Å². The molecule has 1 atom stereocenters. The van der Waals surface area contributed by atoms with E-state index in [0.717, 1.165) is 5.01 Å². The van der Waals surface area contributed by atoms with Gasteiger partial charge in [-0.2, -0.15) is 0 Å². The molecule has 1 aromatic carbocycles. The molecular formula is C16H19ClN2O2S. The number of rotatable bonds is 6. The molecule has 2 rings (SSSR count). The number of carbonyl (C=O) groups is 1. The Kier molecular flexibility index (Phi) is 5.94. The average Bonchev–Trinajstić information content (AvgIpc) is 3.00. The van der Waals surface area contributed by atoms with Crippen molar-refractivity contribution in [1.29, 1.82) is 0 Å². The summed E-state index contributed by atoms with van der Waals surface area (Å²) in [6.07, 6.45) is 1.50. The molecule has 1 unspecified atom stereocenters. The molecule has 22 heavy (non-hydrogen) atoms. The van der Waals surface area contributed by atoms with Crippen LogP contribution in [0.2, 0.25) is 5.02 Å². The molecule has 0 aliphatic heterocycles. The molecule has 2 aromatic rings. The standard InChI is InChI=1S/C16H19ClN2O2S/c1-4-19(13-9-7-6-8-12(13)17)16(20)14-10-18-15(22-14)11(3)21-5-2/h6-11H,4-5H2,1-3H3. The van der Waals surface area contributed by atoms with Crippen LogP contribution < -0.4 is 4.90 Å². The number of anilines is 1. The number of carbonyl (C=O) groups excluding carboxylic acids is 1. The third-order valence-electron chi connectivity index (χ3n) is 3.20. The maximum Gasteiger partial charge on any atom is 0.270 e. The second kappa shape index (κ2) is 7.72. The van der Waals surface area contributed by atoms with Crippen LogP contribution in [0.1, 0.15) is 41.6 Å². The molecule has 0 bridgehead atoms. The lowest BCUT2D eigenvalue weighted by Crippen LogP contribution is -2.30. The molecule has 0 aliphatic carbocycles. The number of benzene rings is 1. The Morgan fingerprint density at radius 1 is 1.41 bits per heavy atom. The zero-order valence-corrected chi connectivity index (χ0v) is 14.4. The molecule has 1 heterocycles. The Morgan fingerprint density at radius 2 is 2.14 bits per heavy atom. The maximum atomic E-state index is 12.7. The van der Waals surface area contributed by atoms with Crippen LogP contribution >= 0.6 is 22.9 Å². The van der Waals surface area contributed by atoms with Gasteiger partial charge in [-0.1, -0.05) is 23.7 Å². The zero-order valence-electron chi connectivity index (χ0n) is 12.9. The zero-order chi connectivity index (χ0) is 16.1. The Hall–Kier alpha value is -1.43. The van der Waals surface area contributed by atoms with Gasteiger partial charge in [0.05, 0.1) is 16.9 Å². The number of nitrogens with zero attached hydrogens (tertiary/aromatic N) is 2. The van der Waals surface area contributed by atoms with Gasteiger partial charge in [0.2, 0.25) is 0 Å². The van der Waals surface area contributed by atoms with Crippen LogP contribution in [0.3, 0.4) is 0 Å². The average molecular weight is 339 g/mol. The van der Waals surface area contributed by atoms with Crippen molar-refractivity contribution in [2.75, 3.05) is 18.1 Å². The van der Waals surface area contributed by atoms with Gasteiger partial charge in [0.25, 0.3) is 5.91 Å². The predicted molar refractivity (Wildman–Crippen MR) is 91.0 cm³/mol. The van der Waals surface area contributed by atoms with E-state index in [9.17, 15) is 4.79 Å². The fourth-order valence-electron chi connectivity index (χ4n) is 2.12. The molecule has 4 nitrogen and oxygen atoms in total. The largest absolute Gasteiger partial charge is 0.372 e. The molecular weight excluding hydrogens is 320 g/mol. The van der Waals surface area contributed by atoms with E-state index in [1.165, 1.54) is 11.3 Å². The second-order valence-electron chi connectivity index (χ2n) is 4.66. The first-order chi connectivity index (χ1) is 10.6. The molecule has 0 fully saturated rings. The maximum absolute atomic E-state index is 12.7. The topological polar surface area (TPSA) is 42.4 Å². The molecule has 1 amide bonds. The molecule has 6 heteroatoms. The van der Waals surface area contributed by atoms with Crippen LogP contribution in [-0.2, 0) is 4.74 Å². The smallest absolute Gasteiger partial charge is 0.270 e. The fourth-order valence-corrected chi connectivity index (χ4v) is 3.23. The number of hydrogen-bond donors (Lipinski definition) is 0. The lowest BCUT2D eigenvalue weighted by molar-refractivity contribution is 0.0762. The number of amides is 1. The second-order valence-corrected chi connectivity index (χ2v) is 6.13. The first kappa shape index (κ1) is 16.9. The molecule has 0 saturated carbocycles. The summed E-state index contributed by atoms with van der Waals surface area (Å²) >= 11 is 7.56. The summed E-state index contributed by atoms with van der Waals surface area (Å²) in [7, 11) is 0. The van der Waals surface area contributed by atoms with Crippen molar-refractivity contribution in [1.82, 2.24) is 4.98 Å². The van der Waals surface area contributed by atoms with Gasteiger partial charge in [-0.25, -0.2) is 4.98 Å². The van der Waals surface area contributed by atoms with Crippen molar-refractivity contribution >= 4 is 34.5 Å². The van der Waals surface area contributed by atoms with Gasteiger partial charge in [-0.3, -0.25) is 4.79 Å². The molecule has 0 aliphatic rings. The lowest BCUT2D eigenvalue weighted by atomic mass is 10.2. The van der Waals surface area contributed by atoms with Crippen molar-refractivity contribution < 1.29 is 9.53 Å². The summed E-state index contributed by atoms with van der Waals surface area (Å²) in [4.78, 5) is 19.3. The number of hydrogen-bond acceptors (Lipinski definition) is 4. The third kappa shape index (κ3) is 3.66. The highest BCUT2D eigenvalue weighted by molar-refractivity contribution is 7.13. The van der Waals surface area contributed by atoms with Gasteiger partial charge in [0.1, 0.15) is 16.0 Å². The molecule has 0 saturated heterocycles. The molecule has 0 N–H and O–H groups in total. The molecule has 1 aromatic heterocycles. The minimum Gasteiger partial charge on any atom is -0.372 e. The number of aromatic nitrogens is 1. The summed E-state index contributed by atoms with van der Waals surface area (Å²) in [5.41, 5.74) is 0.712. The summed E-state index contributed by atoms with van der Waals surface area (Å²) < 4.78 is 5.51. The normalized spacial score (nSPS) is 12.2. The Morgan fingerprint density at radius 3 is 2.77 bits per heavy atom. The van der Waals surface area contributed by atoms with E-state index in [-0.39, 0.29) is 12.0 Å². The monoisotopic (exact) mass is 338 g/mol. The van der Waals surface area contributed by atoms with E-state index >= 15 is 0 Å². The minimum atomic E-state index is -0.105. The van der Waals surface area contributed by atoms with E-state index < -0.39 is 0 Å². The molecule has 118 valence electrons. The van der Waals surface area contributed by atoms with Crippen molar-refractivity contribution in [3.63, 3.8) is 0 Å². The lowest BCUT2D eigenvalue weighted by Gasteiger charge is -2.21. The van der Waals surface area contributed by atoms with Gasteiger partial charge < -0.3 is 9.64 Å². The van der Waals surface area contributed by atoms with Crippen molar-refractivity contribution in [2.45, 2.75) is 26.9 Å². The van der Waals surface area contributed by atoms with Gasteiger partial charge in [-0.05, 0) is 32.9 Å². The Labute approximate surface area is 139 Å². The van der Waals surface area contributed by atoms with Crippen molar-refractivity contribution in [2.24, 2.45) is 0 Å². The first-order valence-corrected chi connectivity index (χ1v) is 8.41. The Balaban J connectivity index is 2.24. The summed E-state index contributed by atoms with van der Waals surface area (Å²) in [5, 5.41) is 1.37. The van der Waals surface area contributed by atoms with Gasteiger partial charge in [0, 0.05) is 13.2 Å². The van der Waals surface area contributed by atoms with Crippen LogP contribution in [0.4, 0.5) is 5.69 Å². The summed E-state index contributed by atoms with van der Waals surface area (Å²) in [6.45, 7) is 6.95. The van der Waals surface area contributed by atoms with Crippen LogP contribution in [0.25, 0.3) is 0 Å². The van der Waals surface area contributed by atoms with Gasteiger partial charge in [0.15, 0.2) is 0 Å². The van der Waals surface area contributed by atoms with E-state index in [4.69, 9.17) is 16.3 Å². The number of para-hydroxylation sites is 1. The van der Waals surface area contributed by atoms with E-state index in [0.29, 0.717) is 28.7 Å². The SMILES string of the molecule is CCOC(C)c1ncc(C(=O)N(CC)c2ccccc2Cl)s1. The van der Waals surface area contributed by atoms with Gasteiger partial charge >= 0.3 is 0 Å². The van der Waals surface area contributed by atoms with E-state index in [2.05, 4.69) is 4.98 Å². The summed E-state index contributed by atoms with van der Waals surface area (Å²) in [6, 6.07) is 7.34. The number of thiazole rings is 1. The fraction of sp³-hybridized carbons (Fsp3) is 0.375. The highest BCUT2D eigenvalue weighted by Gasteiger charge is 2.21. The highest BCUT2D eigenvalue weighted by atomic mass is 35.5. The molecule has 0 spiro atoms.